The molecule has 0 aliphatic carbocycles. The third kappa shape index (κ3) is 14.7. The number of benzene rings is 1. The van der Waals surface area contributed by atoms with Gasteiger partial charge in [0.1, 0.15) is 12.4 Å². The summed E-state index contributed by atoms with van der Waals surface area (Å²) >= 11 is 0. The fourth-order valence-electron chi connectivity index (χ4n) is 3.63. The number of carboxylic acid groups (broad SMARTS) is 4. The van der Waals surface area contributed by atoms with E-state index in [0.717, 1.165) is 31.5 Å². The average molecular weight is 518 g/mol. The monoisotopic (exact) mass is 517 g/mol. The van der Waals surface area contributed by atoms with Gasteiger partial charge in [-0.2, -0.15) is 5.26 Å². The van der Waals surface area contributed by atoms with Crippen LogP contribution in [0, 0.1) is 11.3 Å². The van der Waals surface area contributed by atoms with Crippen molar-refractivity contribution in [1.82, 2.24) is 9.80 Å². The molecule has 2 heterocycles. The van der Waals surface area contributed by atoms with Crippen LogP contribution in [0.1, 0.15) is 24.8 Å². The summed E-state index contributed by atoms with van der Waals surface area (Å²) < 4.78 is 5.78. The van der Waals surface area contributed by atoms with Crippen LogP contribution in [-0.2, 0) is 19.2 Å². The molecule has 2 saturated heterocycles. The first-order chi connectivity index (χ1) is 17.6. The number of piperazine rings is 1. The molecule has 1 atom stereocenters. The van der Waals surface area contributed by atoms with Gasteiger partial charge in [0.25, 0.3) is 0 Å². The van der Waals surface area contributed by atoms with E-state index in [1.54, 1.807) is 12.1 Å². The molecule has 0 bridgehead atoms. The van der Waals surface area contributed by atoms with Crippen molar-refractivity contribution in [2.24, 2.45) is 0 Å². The first kappa shape index (κ1) is 30.8. The fraction of sp³-hybridized carbons (Fsp3) is 0.400. The van der Waals surface area contributed by atoms with Crippen LogP contribution in [-0.4, -0.2) is 99.5 Å². The molecular weight excluding hydrogens is 486 g/mol. The van der Waals surface area contributed by atoms with Crippen LogP contribution in [0.2, 0.25) is 0 Å². The van der Waals surface area contributed by atoms with Crippen LogP contribution in [0.4, 0.5) is 0 Å². The molecule has 0 saturated carbocycles. The lowest BCUT2D eigenvalue weighted by atomic mass is 9.99. The number of carbonyl (C=O) groups is 4. The maximum atomic E-state index is 9.55. The van der Waals surface area contributed by atoms with Crippen molar-refractivity contribution in [3.8, 4) is 11.8 Å². The highest BCUT2D eigenvalue weighted by Gasteiger charge is 2.28. The van der Waals surface area contributed by atoms with Gasteiger partial charge in [0, 0.05) is 56.5 Å². The molecule has 37 heavy (non-hydrogen) atoms. The number of carboxylic acids is 4. The normalized spacial score (nSPS) is 17.3. The first-order valence-electron chi connectivity index (χ1n) is 11.5. The maximum Gasteiger partial charge on any atom is 0.328 e. The zero-order chi connectivity index (χ0) is 27.6. The summed E-state index contributed by atoms with van der Waals surface area (Å²) in [6.07, 6.45) is 6.34. The van der Waals surface area contributed by atoms with Crippen molar-refractivity contribution in [1.29, 1.82) is 5.26 Å². The van der Waals surface area contributed by atoms with Crippen molar-refractivity contribution >= 4 is 23.9 Å². The smallest absolute Gasteiger partial charge is 0.328 e. The summed E-state index contributed by atoms with van der Waals surface area (Å²) in [5, 5.41) is 40.0. The molecule has 0 spiro atoms. The van der Waals surface area contributed by atoms with Crippen LogP contribution in [0.15, 0.2) is 48.6 Å². The van der Waals surface area contributed by atoms with Crippen molar-refractivity contribution in [2.75, 3.05) is 39.3 Å². The SMILES string of the molecule is N#Cc1ccc(OCCN2CCN3CCCCC3C2)cc1.O=C(O)C=CC(=O)O.O=C(O)C=CC(=O)O. The number of hydrogen-bond donors (Lipinski definition) is 4. The van der Waals surface area contributed by atoms with E-state index in [9.17, 15) is 19.2 Å². The summed E-state index contributed by atoms with van der Waals surface area (Å²) in [6, 6.07) is 10.2. The van der Waals surface area contributed by atoms with E-state index in [4.69, 9.17) is 30.4 Å². The van der Waals surface area contributed by atoms with Crippen molar-refractivity contribution in [2.45, 2.75) is 25.3 Å². The zero-order valence-electron chi connectivity index (χ0n) is 20.2. The number of fused-ring (bicyclic) bond motifs is 1. The van der Waals surface area contributed by atoms with Crippen LogP contribution < -0.4 is 4.74 Å². The van der Waals surface area contributed by atoms with Gasteiger partial charge in [0.2, 0.25) is 0 Å². The van der Waals surface area contributed by atoms with Crippen LogP contribution in [0.25, 0.3) is 0 Å². The van der Waals surface area contributed by atoms with Gasteiger partial charge in [0.05, 0.1) is 11.6 Å². The quantitative estimate of drug-likeness (QED) is 0.365. The lowest BCUT2D eigenvalue weighted by Crippen LogP contribution is -2.55. The number of aliphatic carboxylic acids is 4. The van der Waals surface area contributed by atoms with Crippen molar-refractivity contribution in [3.05, 3.63) is 54.1 Å². The predicted octanol–water partition coefficient (Wildman–Crippen LogP) is 1.53. The molecule has 1 unspecified atom stereocenters. The Morgan fingerprint density at radius 1 is 0.865 bits per heavy atom. The second-order valence-electron chi connectivity index (χ2n) is 7.99. The second-order valence-corrected chi connectivity index (χ2v) is 7.99. The Morgan fingerprint density at radius 3 is 1.89 bits per heavy atom. The van der Waals surface area contributed by atoms with Gasteiger partial charge in [-0.3, -0.25) is 9.80 Å². The zero-order valence-corrected chi connectivity index (χ0v) is 20.2. The Hall–Kier alpha value is -4.21. The molecule has 0 aromatic heterocycles. The number of piperidine rings is 1. The maximum absolute atomic E-state index is 9.55. The Kier molecular flexibility index (Phi) is 14.4. The topological polar surface area (TPSA) is 189 Å². The minimum absolute atomic E-state index is 0.558. The van der Waals surface area contributed by atoms with E-state index in [-0.39, 0.29) is 0 Å². The standard InChI is InChI=1S/C17H23N3O.2C4H4O4/c18-13-15-4-6-17(7-5-15)21-12-11-19-9-10-20-8-2-1-3-16(20)14-19;2*5-3(6)1-2-4(7)8/h4-7,16H,1-3,8-12,14H2;2*1-2H,(H,5,6)(H,7,8). The van der Waals surface area contributed by atoms with Crippen LogP contribution in [0.3, 0.4) is 0 Å². The van der Waals surface area contributed by atoms with Gasteiger partial charge in [-0.05, 0) is 43.7 Å². The number of ether oxygens (including phenoxy) is 1. The number of nitriles is 1. The Morgan fingerprint density at radius 2 is 1.41 bits per heavy atom. The highest BCUT2D eigenvalue weighted by Crippen LogP contribution is 2.21. The molecule has 3 rings (SSSR count). The van der Waals surface area contributed by atoms with E-state index in [2.05, 4.69) is 15.9 Å². The van der Waals surface area contributed by atoms with Crippen molar-refractivity contribution < 1.29 is 44.3 Å². The fourth-order valence-corrected chi connectivity index (χ4v) is 3.63. The highest BCUT2D eigenvalue weighted by molar-refractivity contribution is 5.90. The molecule has 2 fully saturated rings. The molecular formula is C25H31N3O9. The predicted molar refractivity (Wildman–Crippen MR) is 131 cm³/mol. The summed E-state index contributed by atoms with van der Waals surface area (Å²) in [5.74, 6) is -4.18. The highest BCUT2D eigenvalue weighted by atomic mass is 16.5. The Bertz CT molecular complexity index is 934. The molecule has 1 aromatic carbocycles. The van der Waals surface area contributed by atoms with Gasteiger partial charge in [-0.1, -0.05) is 6.42 Å². The van der Waals surface area contributed by atoms with E-state index >= 15 is 0 Å². The van der Waals surface area contributed by atoms with Gasteiger partial charge in [-0.15, -0.1) is 0 Å². The summed E-state index contributed by atoms with van der Waals surface area (Å²) in [4.78, 5) is 43.4. The number of hydrogen-bond acceptors (Lipinski definition) is 8. The Labute approximate surface area is 214 Å². The van der Waals surface area contributed by atoms with Crippen LogP contribution >= 0.6 is 0 Å². The largest absolute Gasteiger partial charge is 0.492 e. The van der Waals surface area contributed by atoms with E-state index in [1.165, 1.54) is 38.9 Å². The Balaban J connectivity index is 0.000000355. The number of nitrogens with zero attached hydrogens (tertiary/aromatic N) is 3. The third-order valence-corrected chi connectivity index (χ3v) is 5.32. The summed E-state index contributed by atoms with van der Waals surface area (Å²) in [5.41, 5.74) is 0.677. The average Bonchev–Trinajstić information content (AvgIpc) is 2.87. The third-order valence-electron chi connectivity index (χ3n) is 5.32. The van der Waals surface area contributed by atoms with E-state index in [0.29, 0.717) is 29.9 Å². The van der Waals surface area contributed by atoms with Gasteiger partial charge < -0.3 is 25.2 Å². The molecule has 4 N–H and O–H groups in total. The van der Waals surface area contributed by atoms with Gasteiger partial charge >= 0.3 is 23.9 Å². The molecule has 12 nitrogen and oxygen atoms in total. The molecule has 1 aromatic rings. The van der Waals surface area contributed by atoms with E-state index < -0.39 is 23.9 Å². The summed E-state index contributed by atoms with van der Waals surface area (Å²) in [6.45, 7) is 6.56. The molecule has 2 aliphatic rings. The minimum Gasteiger partial charge on any atom is -0.492 e. The lowest BCUT2D eigenvalue weighted by Gasteiger charge is -2.44. The van der Waals surface area contributed by atoms with Gasteiger partial charge in [-0.25, -0.2) is 19.2 Å². The minimum atomic E-state index is -1.26. The summed E-state index contributed by atoms with van der Waals surface area (Å²) in [7, 11) is 0. The molecule has 12 heteroatoms. The van der Waals surface area contributed by atoms with Crippen molar-refractivity contribution in [3.63, 3.8) is 0 Å². The van der Waals surface area contributed by atoms with E-state index in [1.807, 2.05) is 12.1 Å². The van der Waals surface area contributed by atoms with Gasteiger partial charge in [0.15, 0.2) is 0 Å². The first-order valence-corrected chi connectivity index (χ1v) is 11.5. The lowest BCUT2D eigenvalue weighted by molar-refractivity contribution is -0.134. The molecule has 0 amide bonds. The molecule has 200 valence electrons. The number of rotatable bonds is 8. The molecule has 2 aliphatic heterocycles. The second kappa shape index (κ2) is 17.3. The van der Waals surface area contributed by atoms with Crippen LogP contribution in [0.5, 0.6) is 5.75 Å². The molecule has 0 radical (unpaired) electrons.